The maximum Gasteiger partial charge on any atom is 0.382 e. The molecule has 62 valence electrons. The highest BCUT2D eigenvalue weighted by atomic mass is 32.1. The van der Waals surface area contributed by atoms with Crippen LogP contribution in [0.2, 0.25) is 0 Å². The Morgan fingerprint density at radius 1 is 1.58 bits per heavy atom. The number of thiazole rings is 1. The van der Waals surface area contributed by atoms with Crippen LogP contribution in [-0.4, -0.2) is 16.1 Å². The van der Waals surface area contributed by atoms with Crippen molar-refractivity contribution in [2.75, 3.05) is 0 Å². The molecule has 1 aromatic rings. The van der Waals surface area contributed by atoms with Crippen LogP contribution < -0.4 is 0 Å². The monoisotopic (exact) mass is 181 g/mol. The van der Waals surface area contributed by atoms with Gasteiger partial charge in [-0.3, -0.25) is 0 Å². The molecule has 0 atom stereocenters. The van der Waals surface area contributed by atoms with Crippen LogP contribution in [0.5, 0.6) is 0 Å². The minimum Gasteiger partial charge on any atom is -0.472 e. The maximum absolute atomic E-state index is 10.1. The standard InChI is InChI=1S/C8H7NO2S/c1-5-7(3-4-8(10)11)12-6(2)9-5/h1-2H3,(H,10,11). The number of hydrogen-bond donors (Lipinski definition) is 1. The van der Waals surface area contributed by atoms with Crippen LogP contribution in [0.25, 0.3) is 0 Å². The summed E-state index contributed by atoms with van der Waals surface area (Å²) in [6, 6.07) is 0. The van der Waals surface area contributed by atoms with Gasteiger partial charge in [0.2, 0.25) is 0 Å². The molecule has 12 heavy (non-hydrogen) atoms. The third kappa shape index (κ3) is 2.07. The molecule has 1 heterocycles. The van der Waals surface area contributed by atoms with E-state index in [1.807, 2.05) is 13.8 Å². The number of aryl methyl sites for hydroxylation is 2. The van der Waals surface area contributed by atoms with E-state index in [4.69, 9.17) is 5.11 Å². The Morgan fingerprint density at radius 2 is 2.25 bits per heavy atom. The molecule has 0 radical (unpaired) electrons. The molecule has 0 spiro atoms. The maximum atomic E-state index is 10.1. The van der Waals surface area contributed by atoms with E-state index in [0.29, 0.717) is 0 Å². The number of carbonyl (C=O) groups is 1. The fourth-order valence-electron chi connectivity index (χ4n) is 0.758. The number of hydrogen-bond acceptors (Lipinski definition) is 3. The zero-order valence-electron chi connectivity index (χ0n) is 6.71. The Bertz CT molecular complexity index is 370. The third-order valence-corrected chi connectivity index (χ3v) is 2.17. The zero-order valence-corrected chi connectivity index (χ0v) is 7.53. The Morgan fingerprint density at radius 3 is 2.67 bits per heavy atom. The van der Waals surface area contributed by atoms with Gasteiger partial charge in [-0.25, -0.2) is 9.78 Å². The quantitative estimate of drug-likeness (QED) is 0.612. The summed E-state index contributed by atoms with van der Waals surface area (Å²) in [6.07, 6.45) is 0. The predicted octanol–water partition coefficient (Wildman–Crippen LogP) is 1.20. The number of nitrogens with zero attached hydrogens (tertiary/aromatic N) is 1. The highest BCUT2D eigenvalue weighted by Gasteiger charge is 2.00. The highest BCUT2D eigenvalue weighted by Crippen LogP contribution is 2.14. The molecule has 0 aromatic carbocycles. The lowest BCUT2D eigenvalue weighted by Crippen LogP contribution is -1.86. The predicted molar refractivity (Wildman–Crippen MR) is 46.1 cm³/mol. The van der Waals surface area contributed by atoms with E-state index in [1.54, 1.807) is 0 Å². The third-order valence-electron chi connectivity index (χ3n) is 1.19. The van der Waals surface area contributed by atoms with Crippen LogP contribution in [0.3, 0.4) is 0 Å². The molecular weight excluding hydrogens is 174 g/mol. The molecule has 0 aliphatic heterocycles. The fourth-order valence-corrected chi connectivity index (χ4v) is 1.53. The molecule has 3 nitrogen and oxygen atoms in total. The molecular formula is C8H7NO2S. The van der Waals surface area contributed by atoms with Gasteiger partial charge >= 0.3 is 5.97 Å². The highest BCUT2D eigenvalue weighted by molar-refractivity contribution is 7.12. The van der Waals surface area contributed by atoms with Gasteiger partial charge in [-0.05, 0) is 19.8 Å². The van der Waals surface area contributed by atoms with E-state index in [2.05, 4.69) is 16.8 Å². The first-order chi connectivity index (χ1) is 5.59. The van der Waals surface area contributed by atoms with Crippen LogP contribution in [-0.2, 0) is 4.79 Å². The number of rotatable bonds is 0. The van der Waals surface area contributed by atoms with Gasteiger partial charge in [-0.2, -0.15) is 0 Å². The smallest absolute Gasteiger partial charge is 0.382 e. The molecule has 0 saturated heterocycles. The summed E-state index contributed by atoms with van der Waals surface area (Å²) in [5, 5.41) is 9.19. The minimum absolute atomic E-state index is 0.731. The van der Waals surface area contributed by atoms with E-state index in [9.17, 15) is 4.79 Å². The van der Waals surface area contributed by atoms with Gasteiger partial charge in [0, 0.05) is 5.92 Å². The molecule has 0 amide bonds. The van der Waals surface area contributed by atoms with Crippen LogP contribution in [0.4, 0.5) is 0 Å². The van der Waals surface area contributed by atoms with Crippen molar-refractivity contribution in [2.24, 2.45) is 0 Å². The van der Waals surface area contributed by atoms with Crippen LogP contribution in [0.1, 0.15) is 15.6 Å². The summed E-state index contributed by atoms with van der Waals surface area (Å²) in [4.78, 5) is 14.9. The Kier molecular flexibility index (Phi) is 2.46. The lowest BCUT2D eigenvalue weighted by Gasteiger charge is -1.79. The SMILES string of the molecule is Cc1nc(C)c(C#CC(=O)O)s1. The van der Waals surface area contributed by atoms with Crippen molar-refractivity contribution < 1.29 is 9.90 Å². The van der Waals surface area contributed by atoms with Gasteiger partial charge in [0.15, 0.2) is 0 Å². The first kappa shape index (κ1) is 8.75. The summed E-state index contributed by atoms with van der Waals surface area (Å²) in [5.41, 5.74) is 0.797. The van der Waals surface area contributed by atoms with Crippen molar-refractivity contribution in [3.8, 4) is 11.8 Å². The van der Waals surface area contributed by atoms with E-state index in [1.165, 1.54) is 11.3 Å². The van der Waals surface area contributed by atoms with Crippen molar-refractivity contribution in [3.05, 3.63) is 15.6 Å². The van der Waals surface area contributed by atoms with Gasteiger partial charge in [0.05, 0.1) is 10.7 Å². The van der Waals surface area contributed by atoms with Crippen molar-refractivity contribution >= 4 is 17.3 Å². The van der Waals surface area contributed by atoms with Gasteiger partial charge in [0.1, 0.15) is 4.88 Å². The molecule has 0 unspecified atom stereocenters. The van der Waals surface area contributed by atoms with Gasteiger partial charge in [0.25, 0.3) is 0 Å². The second-order valence-electron chi connectivity index (χ2n) is 2.20. The van der Waals surface area contributed by atoms with E-state index < -0.39 is 5.97 Å². The summed E-state index contributed by atoms with van der Waals surface area (Å²) in [7, 11) is 0. The minimum atomic E-state index is -1.11. The van der Waals surface area contributed by atoms with Crippen molar-refractivity contribution in [3.63, 3.8) is 0 Å². The van der Waals surface area contributed by atoms with Crippen LogP contribution in [0, 0.1) is 25.7 Å². The average Bonchev–Trinajstić information content (AvgIpc) is 2.26. The molecule has 0 bridgehead atoms. The van der Waals surface area contributed by atoms with Crippen molar-refractivity contribution in [1.29, 1.82) is 0 Å². The molecule has 0 aliphatic rings. The van der Waals surface area contributed by atoms with Crippen LogP contribution >= 0.6 is 11.3 Å². The molecule has 1 rings (SSSR count). The largest absolute Gasteiger partial charge is 0.472 e. The lowest BCUT2D eigenvalue weighted by molar-refractivity contribution is -0.130. The average molecular weight is 181 g/mol. The van der Waals surface area contributed by atoms with Gasteiger partial charge in [-0.1, -0.05) is 0 Å². The number of aliphatic carboxylic acids is 1. The summed E-state index contributed by atoms with van der Waals surface area (Å²) >= 11 is 1.41. The number of carboxylic acids is 1. The number of carboxylic acid groups (broad SMARTS) is 1. The first-order valence-corrected chi connectivity index (χ1v) is 4.10. The molecule has 4 heteroatoms. The van der Waals surface area contributed by atoms with E-state index in [0.717, 1.165) is 15.6 Å². The van der Waals surface area contributed by atoms with E-state index >= 15 is 0 Å². The second kappa shape index (κ2) is 3.37. The van der Waals surface area contributed by atoms with Gasteiger partial charge < -0.3 is 5.11 Å². The summed E-state index contributed by atoms with van der Waals surface area (Å²) < 4.78 is 0. The van der Waals surface area contributed by atoms with Crippen molar-refractivity contribution in [1.82, 2.24) is 4.98 Å². The molecule has 1 aromatic heterocycles. The van der Waals surface area contributed by atoms with Gasteiger partial charge in [-0.15, -0.1) is 11.3 Å². The van der Waals surface area contributed by atoms with Crippen LogP contribution in [0.15, 0.2) is 0 Å². The Labute approximate surface area is 74.1 Å². The molecule has 0 aliphatic carbocycles. The lowest BCUT2D eigenvalue weighted by atomic mass is 10.4. The zero-order chi connectivity index (χ0) is 9.14. The number of aromatic nitrogens is 1. The normalized spacial score (nSPS) is 8.83. The summed E-state index contributed by atoms with van der Waals surface area (Å²) in [6.45, 7) is 3.68. The Hall–Kier alpha value is -1.34. The second-order valence-corrected chi connectivity index (χ2v) is 3.41. The van der Waals surface area contributed by atoms with Crippen molar-refractivity contribution in [2.45, 2.75) is 13.8 Å². The fraction of sp³-hybridized carbons (Fsp3) is 0.250. The Balaban J connectivity index is 2.98. The molecule has 0 saturated carbocycles. The molecule has 0 fully saturated rings. The van der Waals surface area contributed by atoms with E-state index in [-0.39, 0.29) is 0 Å². The molecule has 1 N–H and O–H groups in total. The topological polar surface area (TPSA) is 50.2 Å². The summed E-state index contributed by atoms with van der Waals surface area (Å²) in [5.74, 6) is 3.48. The first-order valence-electron chi connectivity index (χ1n) is 3.28.